The maximum Gasteiger partial charge on any atom is 0.191 e. The van der Waals surface area contributed by atoms with E-state index in [2.05, 4.69) is 46.7 Å². The summed E-state index contributed by atoms with van der Waals surface area (Å²) in [6.45, 7) is 9.12. The molecule has 30 heavy (non-hydrogen) atoms. The highest BCUT2D eigenvalue weighted by Crippen LogP contribution is 2.43. The Bertz CT molecular complexity index is 625. The van der Waals surface area contributed by atoms with Crippen molar-refractivity contribution in [2.45, 2.75) is 65.0 Å². The Hall–Kier alpha value is -0.860. The molecule has 2 fully saturated rings. The molecule has 2 N–H and O–H groups in total. The second kappa shape index (κ2) is 13.5. The summed E-state index contributed by atoms with van der Waals surface area (Å²) >= 11 is 0. The Kier molecular flexibility index (Phi) is 11.5. The zero-order chi connectivity index (χ0) is 20.4. The highest BCUT2D eigenvalue weighted by molar-refractivity contribution is 14.0. The minimum absolute atomic E-state index is 0. The highest BCUT2D eigenvalue weighted by Gasteiger charge is 2.36. The maximum atomic E-state index is 5.31. The summed E-state index contributed by atoms with van der Waals surface area (Å²) in [4.78, 5) is 7.40. The average molecular weight is 529 g/mol. The zero-order valence-electron chi connectivity index (χ0n) is 18.9. The summed E-state index contributed by atoms with van der Waals surface area (Å²) in [5.41, 5.74) is 3.07. The summed E-state index contributed by atoms with van der Waals surface area (Å²) in [6, 6.07) is 9.01. The molecule has 0 amide bonds. The Labute approximate surface area is 200 Å². The van der Waals surface area contributed by atoms with Gasteiger partial charge in [0.15, 0.2) is 5.96 Å². The van der Waals surface area contributed by atoms with Gasteiger partial charge in [-0.3, -0.25) is 4.90 Å². The number of likely N-dealkylation sites (tertiary alicyclic amines) is 1. The van der Waals surface area contributed by atoms with Crippen LogP contribution < -0.4 is 10.6 Å². The lowest BCUT2D eigenvalue weighted by atomic mass is 9.67. The topological polar surface area (TPSA) is 48.9 Å². The van der Waals surface area contributed by atoms with Crippen LogP contribution in [0, 0.1) is 5.41 Å². The summed E-state index contributed by atoms with van der Waals surface area (Å²) in [6.07, 6.45) is 9.14. The van der Waals surface area contributed by atoms with Gasteiger partial charge in [-0.15, -0.1) is 24.0 Å². The van der Waals surface area contributed by atoms with Gasteiger partial charge >= 0.3 is 0 Å². The Balaban J connectivity index is 0.00000320. The molecular formula is C24H41IN4O. The maximum absolute atomic E-state index is 5.31. The summed E-state index contributed by atoms with van der Waals surface area (Å²) in [5, 5.41) is 6.98. The van der Waals surface area contributed by atoms with Gasteiger partial charge in [-0.2, -0.15) is 0 Å². The highest BCUT2D eigenvalue weighted by atomic mass is 127. The van der Waals surface area contributed by atoms with E-state index in [1.54, 1.807) is 7.11 Å². The van der Waals surface area contributed by atoms with E-state index in [1.807, 2.05) is 0 Å². The second-order valence-corrected chi connectivity index (χ2v) is 8.80. The lowest BCUT2D eigenvalue weighted by Crippen LogP contribution is -2.46. The van der Waals surface area contributed by atoms with Crippen molar-refractivity contribution in [1.29, 1.82) is 0 Å². The first-order valence-electron chi connectivity index (χ1n) is 11.5. The van der Waals surface area contributed by atoms with E-state index < -0.39 is 0 Å². The van der Waals surface area contributed by atoms with Crippen molar-refractivity contribution in [1.82, 2.24) is 15.5 Å². The van der Waals surface area contributed by atoms with Crippen molar-refractivity contribution in [2.75, 3.05) is 39.9 Å². The molecule has 3 rings (SSSR count). The number of nitrogens with zero attached hydrogens (tertiary/aromatic N) is 2. The van der Waals surface area contributed by atoms with Crippen molar-refractivity contribution < 1.29 is 4.74 Å². The fraction of sp³-hybridized carbons (Fsp3) is 0.708. The van der Waals surface area contributed by atoms with Crippen LogP contribution in [0.1, 0.15) is 63.0 Å². The SMILES string of the molecule is CCNC(=NCc1ccc(CN2CCCCC2)cc1)NCC1(CCOC)CCC1.I. The smallest absolute Gasteiger partial charge is 0.191 e. The Morgan fingerprint density at radius 2 is 1.73 bits per heavy atom. The van der Waals surface area contributed by atoms with Crippen LogP contribution in [0.3, 0.4) is 0 Å². The summed E-state index contributed by atoms with van der Waals surface area (Å²) in [5.74, 6) is 0.925. The van der Waals surface area contributed by atoms with Gasteiger partial charge in [0.1, 0.15) is 0 Å². The number of halogens is 1. The number of ether oxygens (including phenoxy) is 1. The van der Waals surface area contributed by atoms with E-state index in [0.29, 0.717) is 12.0 Å². The summed E-state index contributed by atoms with van der Waals surface area (Å²) < 4.78 is 5.31. The number of methoxy groups -OCH3 is 1. The van der Waals surface area contributed by atoms with Gasteiger partial charge in [0.05, 0.1) is 6.54 Å². The molecule has 1 aromatic rings. The van der Waals surface area contributed by atoms with Crippen molar-refractivity contribution in [3.63, 3.8) is 0 Å². The van der Waals surface area contributed by atoms with E-state index >= 15 is 0 Å². The predicted octanol–water partition coefficient (Wildman–Crippen LogP) is 4.55. The Morgan fingerprint density at radius 3 is 2.33 bits per heavy atom. The first kappa shape index (κ1) is 25.4. The van der Waals surface area contributed by atoms with Crippen molar-refractivity contribution >= 4 is 29.9 Å². The van der Waals surface area contributed by atoms with Gasteiger partial charge in [0.2, 0.25) is 0 Å². The normalized spacial score (nSPS) is 18.9. The van der Waals surface area contributed by atoms with Crippen LogP contribution in [0.5, 0.6) is 0 Å². The van der Waals surface area contributed by atoms with Gasteiger partial charge in [-0.05, 0) is 68.7 Å². The van der Waals surface area contributed by atoms with E-state index in [-0.39, 0.29) is 24.0 Å². The molecule has 0 atom stereocenters. The molecule has 0 radical (unpaired) electrons. The minimum atomic E-state index is 0. The molecule has 0 spiro atoms. The molecular weight excluding hydrogens is 487 g/mol. The lowest BCUT2D eigenvalue weighted by molar-refractivity contribution is 0.0732. The number of piperidine rings is 1. The Morgan fingerprint density at radius 1 is 1.03 bits per heavy atom. The molecule has 0 aromatic heterocycles. The van der Waals surface area contributed by atoms with Gasteiger partial charge in [-0.25, -0.2) is 4.99 Å². The van der Waals surface area contributed by atoms with Crippen LogP contribution >= 0.6 is 24.0 Å². The van der Waals surface area contributed by atoms with E-state index in [1.165, 1.54) is 62.7 Å². The lowest BCUT2D eigenvalue weighted by Gasteiger charge is -2.42. The molecule has 0 unspecified atom stereocenters. The number of rotatable bonds is 10. The van der Waals surface area contributed by atoms with Crippen molar-refractivity contribution in [3.8, 4) is 0 Å². The molecule has 5 nitrogen and oxygen atoms in total. The van der Waals surface area contributed by atoms with Gasteiger partial charge in [0.25, 0.3) is 0 Å². The molecule has 2 aliphatic rings. The third-order valence-corrected chi connectivity index (χ3v) is 6.52. The fourth-order valence-corrected chi connectivity index (χ4v) is 4.42. The third-order valence-electron chi connectivity index (χ3n) is 6.52. The largest absolute Gasteiger partial charge is 0.385 e. The molecule has 1 aliphatic carbocycles. The number of benzene rings is 1. The average Bonchev–Trinajstić information content (AvgIpc) is 2.72. The van der Waals surface area contributed by atoms with Crippen LogP contribution in [-0.2, 0) is 17.8 Å². The standard InChI is InChI=1S/C24H40N4O.HI/c1-3-25-23(27-20-24(12-7-13-24)14-17-29-2)26-18-21-8-10-22(11-9-21)19-28-15-5-4-6-16-28;/h8-11H,3-7,12-20H2,1-2H3,(H2,25,26,27);1H. The van der Waals surface area contributed by atoms with Crippen LogP contribution in [0.4, 0.5) is 0 Å². The van der Waals surface area contributed by atoms with Gasteiger partial charge in [-0.1, -0.05) is 37.1 Å². The molecule has 1 saturated heterocycles. The number of guanidine groups is 1. The van der Waals surface area contributed by atoms with Crippen molar-refractivity contribution in [3.05, 3.63) is 35.4 Å². The molecule has 170 valence electrons. The first-order chi connectivity index (χ1) is 14.2. The molecule has 1 aromatic carbocycles. The monoisotopic (exact) mass is 528 g/mol. The number of hydrogen-bond donors (Lipinski definition) is 2. The molecule has 0 bridgehead atoms. The predicted molar refractivity (Wildman–Crippen MR) is 137 cm³/mol. The van der Waals surface area contributed by atoms with E-state index in [9.17, 15) is 0 Å². The van der Waals surface area contributed by atoms with Crippen LogP contribution in [0.15, 0.2) is 29.3 Å². The third kappa shape index (κ3) is 8.00. The molecule has 6 heteroatoms. The van der Waals surface area contributed by atoms with Crippen LogP contribution in [0.25, 0.3) is 0 Å². The molecule has 1 aliphatic heterocycles. The number of aliphatic imine (C=N–C) groups is 1. The van der Waals surface area contributed by atoms with Crippen molar-refractivity contribution in [2.24, 2.45) is 10.4 Å². The minimum Gasteiger partial charge on any atom is -0.385 e. The number of hydrogen-bond acceptors (Lipinski definition) is 3. The zero-order valence-corrected chi connectivity index (χ0v) is 21.3. The molecule has 1 saturated carbocycles. The number of nitrogens with one attached hydrogen (secondary N) is 2. The first-order valence-corrected chi connectivity index (χ1v) is 11.5. The van der Waals surface area contributed by atoms with Gasteiger partial charge < -0.3 is 15.4 Å². The second-order valence-electron chi connectivity index (χ2n) is 8.80. The van der Waals surface area contributed by atoms with Crippen LogP contribution in [0.2, 0.25) is 0 Å². The fourth-order valence-electron chi connectivity index (χ4n) is 4.42. The molecule has 1 heterocycles. The van der Waals surface area contributed by atoms with Crippen LogP contribution in [-0.4, -0.2) is 50.8 Å². The van der Waals surface area contributed by atoms with E-state index in [0.717, 1.165) is 38.6 Å². The quantitative estimate of drug-likeness (QED) is 0.266. The summed E-state index contributed by atoms with van der Waals surface area (Å²) in [7, 11) is 1.79. The van der Waals surface area contributed by atoms with Gasteiger partial charge in [0, 0.05) is 33.4 Å². The van der Waals surface area contributed by atoms with E-state index in [4.69, 9.17) is 9.73 Å².